The van der Waals surface area contributed by atoms with Crippen LogP contribution in [0.4, 0.5) is 0 Å². The second kappa shape index (κ2) is 5.80. The minimum atomic E-state index is -1.02. The minimum absolute atomic E-state index is 0.111. The molecule has 0 bridgehead atoms. The van der Waals surface area contributed by atoms with Gasteiger partial charge in [-0.3, -0.25) is 0 Å². The Morgan fingerprint density at radius 3 is 2.86 bits per heavy atom. The first-order valence-corrected chi connectivity index (χ1v) is 7.05. The Balaban J connectivity index is 1.69. The van der Waals surface area contributed by atoms with Crippen LogP contribution in [0.5, 0.6) is 5.75 Å². The zero-order valence-corrected chi connectivity index (χ0v) is 11.7. The van der Waals surface area contributed by atoms with Crippen LogP contribution in [0.2, 0.25) is 0 Å². The van der Waals surface area contributed by atoms with Gasteiger partial charge >= 0.3 is 5.97 Å². The third-order valence-electron chi connectivity index (χ3n) is 2.76. The average Bonchev–Trinajstić information content (AvgIpc) is 3.15. The van der Waals surface area contributed by atoms with Crippen LogP contribution in [0.1, 0.15) is 15.4 Å². The molecule has 0 unspecified atom stereocenters. The largest absolute Gasteiger partial charge is 0.486 e. The van der Waals surface area contributed by atoms with Crippen LogP contribution in [0, 0.1) is 0 Å². The Morgan fingerprint density at radius 2 is 2.14 bits per heavy atom. The number of hydrogen-bond donors (Lipinski definition) is 1. The summed E-state index contributed by atoms with van der Waals surface area (Å²) in [6, 6.07) is 10.9. The van der Waals surface area contributed by atoms with Gasteiger partial charge in [0.15, 0.2) is 5.76 Å². The third kappa shape index (κ3) is 3.11. The Labute approximate surface area is 124 Å². The Bertz CT molecular complexity index is 748. The highest BCUT2D eigenvalue weighted by Crippen LogP contribution is 2.25. The number of benzene rings is 1. The summed E-state index contributed by atoms with van der Waals surface area (Å²) in [6.45, 7) is 0.362. The number of aromatic carboxylic acids is 1. The number of carbonyl (C=O) groups is 1. The fourth-order valence-electron chi connectivity index (χ4n) is 1.73. The molecule has 0 radical (unpaired) electrons. The first-order valence-electron chi connectivity index (χ1n) is 6.17. The molecule has 0 fully saturated rings. The van der Waals surface area contributed by atoms with E-state index in [4.69, 9.17) is 14.3 Å². The van der Waals surface area contributed by atoms with Crippen LogP contribution in [0.15, 0.2) is 52.5 Å². The van der Waals surface area contributed by atoms with Gasteiger partial charge in [-0.1, -0.05) is 18.2 Å². The van der Waals surface area contributed by atoms with Crippen molar-refractivity contribution in [2.75, 3.05) is 0 Å². The molecule has 0 saturated carbocycles. The topological polar surface area (TPSA) is 72.6 Å². The molecule has 2 aromatic heterocycles. The Kier molecular flexibility index (Phi) is 3.70. The van der Waals surface area contributed by atoms with Crippen molar-refractivity contribution in [3.63, 3.8) is 0 Å². The van der Waals surface area contributed by atoms with Gasteiger partial charge in [-0.2, -0.15) is 0 Å². The maximum Gasteiger partial charge on any atom is 0.338 e. The van der Waals surface area contributed by atoms with E-state index >= 15 is 0 Å². The summed E-state index contributed by atoms with van der Waals surface area (Å²) in [6.07, 6.45) is 1.21. The van der Waals surface area contributed by atoms with Crippen LogP contribution in [0.3, 0.4) is 0 Å². The van der Waals surface area contributed by atoms with E-state index < -0.39 is 5.97 Å². The molecular formula is C15H11NO4S. The van der Waals surface area contributed by atoms with Gasteiger partial charge in [-0.05, 0) is 12.1 Å². The van der Waals surface area contributed by atoms with E-state index in [-0.39, 0.29) is 5.56 Å². The van der Waals surface area contributed by atoms with Gasteiger partial charge in [0.1, 0.15) is 29.3 Å². The van der Waals surface area contributed by atoms with E-state index in [2.05, 4.69) is 4.98 Å². The number of ether oxygens (including phenoxy) is 1. The highest BCUT2D eigenvalue weighted by molar-refractivity contribution is 7.09. The van der Waals surface area contributed by atoms with Crippen LogP contribution < -0.4 is 4.74 Å². The standard InChI is InChI=1S/C15H11NO4S/c17-15(18)10-6-13(20-7-10)12-9-21-14(16-12)8-19-11-4-2-1-3-5-11/h1-7,9H,8H2,(H,17,18). The molecule has 2 heterocycles. The second-order valence-corrected chi connectivity index (χ2v) is 5.18. The molecule has 1 N–H and O–H groups in total. The average molecular weight is 301 g/mol. The fourth-order valence-corrected chi connectivity index (χ4v) is 2.43. The van der Waals surface area contributed by atoms with E-state index in [0.29, 0.717) is 18.1 Å². The molecule has 0 spiro atoms. The number of para-hydroxylation sites is 1. The summed E-state index contributed by atoms with van der Waals surface area (Å²) in [5.41, 5.74) is 0.722. The van der Waals surface area contributed by atoms with Crippen molar-refractivity contribution in [2.45, 2.75) is 6.61 Å². The third-order valence-corrected chi connectivity index (χ3v) is 3.58. The molecule has 0 aliphatic heterocycles. The lowest BCUT2D eigenvalue weighted by atomic mass is 10.3. The summed E-state index contributed by atoms with van der Waals surface area (Å²) in [4.78, 5) is 15.2. The molecular weight excluding hydrogens is 290 g/mol. The van der Waals surface area contributed by atoms with E-state index in [0.717, 1.165) is 10.8 Å². The lowest BCUT2D eigenvalue weighted by molar-refractivity contribution is 0.0696. The van der Waals surface area contributed by atoms with E-state index in [1.807, 2.05) is 35.7 Å². The SMILES string of the molecule is O=C(O)c1coc(-c2csc(COc3ccccc3)n2)c1. The summed E-state index contributed by atoms with van der Waals surface area (Å²) in [7, 11) is 0. The van der Waals surface area contributed by atoms with Crippen LogP contribution in [0.25, 0.3) is 11.5 Å². The van der Waals surface area contributed by atoms with Crippen molar-refractivity contribution in [1.29, 1.82) is 0 Å². The van der Waals surface area contributed by atoms with Gasteiger partial charge < -0.3 is 14.3 Å². The number of carboxylic acid groups (broad SMARTS) is 1. The van der Waals surface area contributed by atoms with Crippen molar-refractivity contribution in [3.05, 3.63) is 58.6 Å². The summed E-state index contributed by atoms with van der Waals surface area (Å²) < 4.78 is 10.8. The number of furan rings is 1. The molecule has 106 valence electrons. The van der Waals surface area contributed by atoms with Gasteiger partial charge in [0.25, 0.3) is 0 Å². The van der Waals surface area contributed by atoms with E-state index in [9.17, 15) is 4.79 Å². The van der Waals surface area contributed by atoms with E-state index in [1.54, 1.807) is 0 Å². The zero-order chi connectivity index (χ0) is 14.7. The van der Waals surface area contributed by atoms with E-state index in [1.165, 1.54) is 23.7 Å². The zero-order valence-electron chi connectivity index (χ0n) is 10.9. The minimum Gasteiger partial charge on any atom is -0.486 e. The second-order valence-electron chi connectivity index (χ2n) is 4.23. The van der Waals surface area contributed by atoms with Crippen LogP contribution in [-0.2, 0) is 6.61 Å². The molecule has 0 aliphatic rings. The first-order chi connectivity index (χ1) is 10.2. The van der Waals surface area contributed by atoms with Crippen molar-refractivity contribution in [3.8, 4) is 17.2 Å². The summed E-state index contributed by atoms with van der Waals surface area (Å²) in [5, 5.41) is 11.5. The van der Waals surface area contributed by atoms with Gasteiger partial charge in [0, 0.05) is 11.4 Å². The van der Waals surface area contributed by atoms with Crippen LogP contribution in [-0.4, -0.2) is 16.1 Å². The molecule has 0 aliphatic carbocycles. The lowest BCUT2D eigenvalue weighted by Crippen LogP contribution is -1.94. The number of thiazole rings is 1. The molecule has 6 heteroatoms. The Hall–Kier alpha value is -2.60. The fraction of sp³-hybridized carbons (Fsp3) is 0.0667. The number of carboxylic acids is 1. The maximum atomic E-state index is 10.8. The summed E-state index contributed by atoms with van der Waals surface area (Å²) >= 11 is 1.44. The molecule has 21 heavy (non-hydrogen) atoms. The van der Waals surface area contributed by atoms with Gasteiger partial charge in [0.05, 0.1) is 5.56 Å². The quantitative estimate of drug-likeness (QED) is 0.778. The summed E-state index contributed by atoms with van der Waals surface area (Å²) in [5.74, 6) is 0.197. The molecule has 0 saturated heterocycles. The highest BCUT2D eigenvalue weighted by atomic mass is 32.1. The highest BCUT2D eigenvalue weighted by Gasteiger charge is 2.12. The van der Waals surface area contributed by atoms with Crippen LogP contribution >= 0.6 is 11.3 Å². The molecule has 5 nitrogen and oxygen atoms in total. The monoisotopic (exact) mass is 301 g/mol. The number of hydrogen-bond acceptors (Lipinski definition) is 5. The molecule has 1 aromatic carbocycles. The molecule has 0 amide bonds. The normalized spacial score (nSPS) is 10.5. The first kappa shape index (κ1) is 13.4. The Morgan fingerprint density at radius 1 is 1.33 bits per heavy atom. The lowest BCUT2D eigenvalue weighted by Gasteiger charge is -2.02. The predicted octanol–water partition coefficient (Wildman–Crippen LogP) is 3.68. The van der Waals surface area contributed by atoms with Gasteiger partial charge in [-0.15, -0.1) is 11.3 Å². The van der Waals surface area contributed by atoms with Gasteiger partial charge in [0.2, 0.25) is 0 Å². The predicted molar refractivity (Wildman–Crippen MR) is 77.5 cm³/mol. The van der Waals surface area contributed by atoms with Crippen molar-refractivity contribution >= 4 is 17.3 Å². The van der Waals surface area contributed by atoms with Crippen molar-refractivity contribution in [2.24, 2.45) is 0 Å². The molecule has 3 aromatic rings. The maximum absolute atomic E-state index is 10.8. The van der Waals surface area contributed by atoms with Crippen molar-refractivity contribution < 1.29 is 19.1 Å². The van der Waals surface area contributed by atoms with Gasteiger partial charge in [-0.25, -0.2) is 9.78 Å². The number of nitrogens with zero attached hydrogens (tertiary/aromatic N) is 1. The molecule has 0 atom stereocenters. The number of aromatic nitrogens is 1. The molecule has 3 rings (SSSR count). The smallest absolute Gasteiger partial charge is 0.338 e. The number of rotatable bonds is 5. The van der Waals surface area contributed by atoms with Crippen molar-refractivity contribution in [1.82, 2.24) is 4.98 Å².